The number of aliphatic imine (C=N–C) groups is 1. The predicted octanol–water partition coefficient (Wildman–Crippen LogP) is -0.297. The van der Waals surface area contributed by atoms with E-state index in [0.29, 0.717) is 5.04 Å². The number of thioether (sulfide) groups is 1. The third-order valence-electron chi connectivity index (χ3n) is 0.997. The lowest BCUT2D eigenvalue weighted by Gasteiger charge is -1.93. The number of carbonyl (C=O) groups excluding carboxylic acids is 1. The van der Waals surface area contributed by atoms with Gasteiger partial charge in [-0.2, -0.15) is 0 Å². The van der Waals surface area contributed by atoms with Gasteiger partial charge < -0.3 is 0 Å². The maximum Gasteiger partial charge on any atom is 0.256 e. The molecule has 4 nitrogen and oxygen atoms in total. The molecule has 62 valence electrons. The van der Waals surface area contributed by atoms with E-state index in [4.69, 9.17) is 0 Å². The summed E-state index contributed by atoms with van der Waals surface area (Å²) in [7, 11) is -3.03. The minimum atomic E-state index is -3.03. The number of hydrogen-bond donors (Lipinski definition) is 0. The van der Waals surface area contributed by atoms with Gasteiger partial charge >= 0.3 is 0 Å². The van der Waals surface area contributed by atoms with Crippen molar-refractivity contribution in [1.82, 2.24) is 0 Å². The molecule has 0 saturated carbocycles. The molecule has 0 unspecified atom stereocenters. The van der Waals surface area contributed by atoms with Crippen molar-refractivity contribution in [2.45, 2.75) is 0 Å². The zero-order valence-electron chi connectivity index (χ0n) is 5.90. The van der Waals surface area contributed by atoms with Crippen LogP contribution in [-0.4, -0.2) is 37.1 Å². The minimum absolute atomic E-state index is 0.108. The van der Waals surface area contributed by atoms with Crippen LogP contribution in [0, 0.1) is 0 Å². The standard InChI is InChI=1S/C5H7NO3S2/c1-11(8,9)3-5-6-4(7)2-10-5/h2-3H2,1H3. The number of amides is 1. The maximum atomic E-state index is 10.7. The Morgan fingerprint density at radius 3 is 2.64 bits per heavy atom. The molecule has 0 aliphatic carbocycles. The highest BCUT2D eigenvalue weighted by Gasteiger charge is 2.18. The molecule has 0 N–H and O–H groups in total. The Hall–Kier alpha value is -0.360. The van der Waals surface area contributed by atoms with Gasteiger partial charge in [0.05, 0.1) is 16.5 Å². The normalized spacial score (nSPS) is 18.6. The summed E-state index contributed by atoms with van der Waals surface area (Å²) in [4.78, 5) is 14.1. The van der Waals surface area contributed by atoms with E-state index in [2.05, 4.69) is 4.99 Å². The number of carbonyl (C=O) groups is 1. The van der Waals surface area contributed by atoms with Crippen molar-refractivity contribution in [3.63, 3.8) is 0 Å². The average Bonchev–Trinajstić information content (AvgIpc) is 2.10. The molecule has 0 radical (unpaired) electrons. The van der Waals surface area contributed by atoms with E-state index in [-0.39, 0.29) is 17.4 Å². The van der Waals surface area contributed by atoms with Crippen LogP contribution in [0.5, 0.6) is 0 Å². The summed E-state index contributed by atoms with van der Waals surface area (Å²) >= 11 is 1.20. The van der Waals surface area contributed by atoms with Gasteiger partial charge in [-0.05, 0) is 0 Å². The molecule has 6 heteroatoms. The molecule has 1 aliphatic heterocycles. The van der Waals surface area contributed by atoms with E-state index >= 15 is 0 Å². The topological polar surface area (TPSA) is 63.6 Å². The highest BCUT2D eigenvalue weighted by atomic mass is 32.2. The molecule has 0 saturated heterocycles. The summed E-state index contributed by atoms with van der Waals surface area (Å²) in [6.45, 7) is 0. The highest BCUT2D eigenvalue weighted by Crippen LogP contribution is 2.13. The van der Waals surface area contributed by atoms with E-state index < -0.39 is 9.84 Å². The zero-order chi connectivity index (χ0) is 8.48. The van der Waals surface area contributed by atoms with Gasteiger partial charge in [0.25, 0.3) is 5.91 Å². The van der Waals surface area contributed by atoms with E-state index in [1.165, 1.54) is 11.8 Å². The average molecular weight is 193 g/mol. The maximum absolute atomic E-state index is 10.7. The Kier molecular flexibility index (Phi) is 2.34. The fraction of sp³-hybridized carbons (Fsp3) is 0.600. The zero-order valence-corrected chi connectivity index (χ0v) is 7.54. The highest BCUT2D eigenvalue weighted by molar-refractivity contribution is 8.16. The Bertz CT molecular complexity index is 304. The van der Waals surface area contributed by atoms with Crippen molar-refractivity contribution in [3.05, 3.63) is 0 Å². The molecule has 0 aromatic rings. The van der Waals surface area contributed by atoms with Crippen molar-refractivity contribution in [3.8, 4) is 0 Å². The molecule has 0 atom stereocenters. The van der Waals surface area contributed by atoms with Crippen LogP contribution in [0.1, 0.15) is 0 Å². The van der Waals surface area contributed by atoms with Crippen LogP contribution in [0.4, 0.5) is 0 Å². The van der Waals surface area contributed by atoms with E-state index in [1.54, 1.807) is 0 Å². The predicted molar refractivity (Wildman–Crippen MR) is 44.6 cm³/mol. The molecule has 11 heavy (non-hydrogen) atoms. The molecule has 0 aromatic heterocycles. The summed E-state index contributed by atoms with van der Waals surface area (Å²) in [5.41, 5.74) is 0. The molecule has 1 aliphatic rings. The molecular formula is C5H7NO3S2. The van der Waals surface area contributed by atoms with Gasteiger partial charge in [-0.25, -0.2) is 13.4 Å². The SMILES string of the molecule is CS(=O)(=O)CC1=NC(=O)CS1. The number of rotatable bonds is 2. The second kappa shape index (κ2) is 2.94. The first-order chi connectivity index (χ1) is 4.97. The van der Waals surface area contributed by atoms with Gasteiger partial charge in [0.15, 0.2) is 9.84 Å². The third-order valence-corrected chi connectivity index (χ3v) is 2.94. The summed E-state index contributed by atoms with van der Waals surface area (Å²) in [6, 6.07) is 0. The fourth-order valence-electron chi connectivity index (χ4n) is 0.647. The Balaban J connectivity index is 2.66. The Morgan fingerprint density at radius 1 is 1.64 bits per heavy atom. The summed E-state index contributed by atoms with van der Waals surface area (Å²) in [5, 5.41) is 0.414. The van der Waals surface area contributed by atoms with Crippen LogP contribution in [0.3, 0.4) is 0 Å². The fourth-order valence-corrected chi connectivity index (χ4v) is 2.66. The van der Waals surface area contributed by atoms with E-state index in [0.717, 1.165) is 6.26 Å². The van der Waals surface area contributed by atoms with Gasteiger partial charge in [-0.15, -0.1) is 0 Å². The van der Waals surface area contributed by atoms with Gasteiger partial charge in [0.2, 0.25) is 0 Å². The van der Waals surface area contributed by atoms with E-state index in [1.807, 2.05) is 0 Å². The Morgan fingerprint density at radius 2 is 2.27 bits per heavy atom. The lowest BCUT2D eigenvalue weighted by molar-refractivity contribution is -0.115. The summed E-state index contributed by atoms with van der Waals surface area (Å²) < 4.78 is 21.4. The number of nitrogens with zero attached hydrogens (tertiary/aromatic N) is 1. The van der Waals surface area contributed by atoms with Crippen molar-refractivity contribution in [1.29, 1.82) is 0 Å². The lowest BCUT2D eigenvalue weighted by atomic mass is 10.7. The van der Waals surface area contributed by atoms with Crippen LogP contribution in [0.15, 0.2) is 4.99 Å². The molecular weight excluding hydrogens is 186 g/mol. The molecule has 0 fully saturated rings. The van der Waals surface area contributed by atoms with Crippen LogP contribution in [0.2, 0.25) is 0 Å². The van der Waals surface area contributed by atoms with Crippen molar-refractivity contribution >= 4 is 32.6 Å². The van der Waals surface area contributed by atoms with E-state index in [9.17, 15) is 13.2 Å². The van der Waals surface area contributed by atoms with Gasteiger partial charge in [-0.1, -0.05) is 11.8 Å². The van der Waals surface area contributed by atoms with Crippen molar-refractivity contribution in [2.24, 2.45) is 4.99 Å². The third kappa shape index (κ3) is 3.02. The van der Waals surface area contributed by atoms with Gasteiger partial charge in [0, 0.05) is 6.26 Å². The largest absolute Gasteiger partial charge is 0.272 e. The molecule has 0 aromatic carbocycles. The monoisotopic (exact) mass is 193 g/mol. The minimum Gasteiger partial charge on any atom is -0.272 e. The van der Waals surface area contributed by atoms with Crippen LogP contribution in [0.25, 0.3) is 0 Å². The molecule has 1 rings (SSSR count). The van der Waals surface area contributed by atoms with Crippen molar-refractivity contribution in [2.75, 3.05) is 17.8 Å². The Labute approximate surface area is 69.0 Å². The molecule has 1 amide bonds. The van der Waals surface area contributed by atoms with Crippen molar-refractivity contribution < 1.29 is 13.2 Å². The first-order valence-corrected chi connectivity index (χ1v) is 5.93. The van der Waals surface area contributed by atoms with Gasteiger partial charge in [0.1, 0.15) is 0 Å². The first-order valence-electron chi connectivity index (χ1n) is 2.88. The summed E-state index contributed by atoms with van der Waals surface area (Å²) in [5.74, 6) is -0.0671. The number of hydrogen-bond acceptors (Lipinski definition) is 4. The molecule has 0 bridgehead atoms. The quantitative estimate of drug-likeness (QED) is 0.604. The number of sulfone groups is 1. The smallest absolute Gasteiger partial charge is 0.256 e. The van der Waals surface area contributed by atoms with Crippen LogP contribution < -0.4 is 0 Å². The molecule has 0 spiro atoms. The second-order valence-corrected chi connectivity index (χ2v) is 5.45. The lowest BCUT2D eigenvalue weighted by Crippen LogP contribution is -2.09. The van der Waals surface area contributed by atoms with Gasteiger partial charge in [-0.3, -0.25) is 4.79 Å². The second-order valence-electron chi connectivity index (χ2n) is 2.26. The van der Waals surface area contributed by atoms with Crippen LogP contribution in [-0.2, 0) is 14.6 Å². The summed E-state index contributed by atoms with van der Waals surface area (Å²) in [6.07, 6.45) is 1.12. The van der Waals surface area contributed by atoms with Crippen LogP contribution >= 0.6 is 11.8 Å². The molecule has 1 heterocycles. The first kappa shape index (κ1) is 8.73.